The molecule has 2 aliphatic rings. The molecule has 336 valence electrons. The van der Waals surface area contributed by atoms with Gasteiger partial charge in [-0.3, -0.25) is 9.98 Å². The first-order valence-corrected chi connectivity index (χ1v) is 21.9. The predicted molar refractivity (Wildman–Crippen MR) is 263 cm³/mol. The Bertz CT molecular complexity index is 2960. The van der Waals surface area contributed by atoms with E-state index in [1.807, 2.05) is 97.1 Å². The monoisotopic (exact) mass is 932 g/mol. The minimum absolute atomic E-state index is 0.0407. The fraction of sp³-hybridized carbons (Fsp3) is 0.0943. The number of aromatic hydroxyl groups is 2. The maximum Gasteiger partial charge on any atom is 0.339 e. The van der Waals surface area contributed by atoms with Gasteiger partial charge in [0.05, 0.1) is 24.2 Å². The summed E-state index contributed by atoms with van der Waals surface area (Å²) in [6, 6.07) is 47.2. The number of ether oxygens (including phenoxy) is 2. The van der Waals surface area contributed by atoms with Gasteiger partial charge >= 0.3 is 11.9 Å². The van der Waals surface area contributed by atoms with Gasteiger partial charge in [-0.15, -0.1) is 0 Å². The van der Waals surface area contributed by atoms with Crippen molar-refractivity contribution in [1.29, 1.82) is 0 Å². The third-order valence-electron chi connectivity index (χ3n) is 10.8. The van der Waals surface area contributed by atoms with Crippen molar-refractivity contribution >= 4 is 68.4 Å². The van der Waals surface area contributed by atoms with Crippen LogP contribution in [0.15, 0.2) is 168 Å². The number of hydrogen-bond acceptors (Lipinski definition) is 10. The minimum atomic E-state index is -1.28. The quantitative estimate of drug-likeness (QED) is 0.0772. The number of aromatic carboxylic acids is 2. The molecule has 0 bridgehead atoms. The molecule has 0 saturated heterocycles. The van der Waals surface area contributed by atoms with Crippen LogP contribution < -0.4 is 20.1 Å². The Morgan fingerprint density at radius 1 is 0.522 bits per heavy atom. The number of para-hydroxylation sites is 2. The second kappa shape index (κ2) is 20.8. The van der Waals surface area contributed by atoms with E-state index in [0.29, 0.717) is 42.7 Å². The van der Waals surface area contributed by atoms with Crippen molar-refractivity contribution in [2.24, 2.45) is 9.98 Å². The smallest absolute Gasteiger partial charge is 0.339 e. The lowest BCUT2D eigenvalue weighted by Gasteiger charge is -2.16. The van der Waals surface area contributed by atoms with Gasteiger partial charge in [-0.1, -0.05) is 96.0 Å². The molecule has 0 amide bonds. The zero-order chi connectivity index (χ0) is 46.9. The SMILES string of the molecule is Clc1ccc(Oc2ccccc2C2=NCCN2)cc1.Clc1ccc(Oc2ccccc2C2=NCCN2)cc1.O=C(O)c1cc2ccccc2c(Cc2c(O)c(C(=O)O)cc3ccccc23)c1O. The number of hydrogen-bond donors (Lipinski definition) is 6. The Morgan fingerprint density at radius 3 is 1.27 bits per heavy atom. The van der Waals surface area contributed by atoms with Gasteiger partial charge in [-0.05, 0) is 106 Å². The molecule has 2 aliphatic heterocycles. The molecule has 0 aliphatic carbocycles. The van der Waals surface area contributed by atoms with Crippen molar-refractivity contribution in [3.8, 4) is 34.5 Å². The summed E-state index contributed by atoms with van der Waals surface area (Å²) >= 11 is 11.7. The van der Waals surface area contributed by atoms with E-state index in [1.54, 1.807) is 48.5 Å². The summed E-state index contributed by atoms with van der Waals surface area (Å²) in [5, 5.41) is 50.7. The van der Waals surface area contributed by atoms with Crippen LogP contribution in [0.5, 0.6) is 34.5 Å². The number of benzene rings is 8. The minimum Gasteiger partial charge on any atom is -0.507 e. The number of nitrogens with zero attached hydrogens (tertiary/aromatic N) is 2. The van der Waals surface area contributed by atoms with E-state index >= 15 is 0 Å². The molecule has 0 radical (unpaired) electrons. The molecule has 0 saturated carbocycles. The van der Waals surface area contributed by atoms with Gasteiger partial charge in [0.25, 0.3) is 0 Å². The second-order valence-electron chi connectivity index (χ2n) is 15.2. The third kappa shape index (κ3) is 10.7. The number of nitrogens with one attached hydrogen (secondary N) is 2. The second-order valence-corrected chi connectivity index (χ2v) is 16.0. The number of carbonyl (C=O) groups is 2. The third-order valence-corrected chi connectivity index (χ3v) is 11.3. The van der Waals surface area contributed by atoms with Crippen molar-refractivity contribution in [3.63, 3.8) is 0 Å². The molecule has 10 rings (SSSR count). The van der Waals surface area contributed by atoms with Gasteiger partial charge in [-0.25, -0.2) is 9.59 Å². The van der Waals surface area contributed by atoms with Crippen molar-refractivity contribution in [3.05, 3.63) is 201 Å². The molecular formula is C53H42Cl2N4O8. The first kappa shape index (κ1) is 45.5. The standard InChI is InChI=1S/C23H16O6.2C15H13ClN2O/c24-20-16(14-7-3-1-5-12(14)9-18(20)22(26)27)11-17-15-8-4-2-6-13(15)10-19(21(17)25)23(28)29;2*16-11-5-7-12(8-6-11)19-14-4-2-1-3-13(14)15-17-9-10-18-15/h1-10,24-25H,11H2,(H,26,27)(H,28,29);2*1-8H,9-10H2,(H,17,18). The average molecular weight is 934 g/mol. The Morgan fingerprint density at radius 2 is 0.896 bits per heavy atom. The number of amidine groups is 2. The van der Waals surface area contributed by atoms with Gasteiger partial charge in [0, 0.05) is 40.7 Å². The molecule has 6 N–H and O–H groups in total. The molecule has 2 heterocycles. The van der Waals surface area contributed by atoms with Crippen LogP contribution in [-0.2, 0) is 6.42 Å². The highest BCUT2D eigenvalue weighted by Gasteiger charge is 2.23. The average Bonchev–Trinajstić information content (AvgIpc) is 4.09. The number of halogens is 2. The number of rotatable bonds is 10. The largest absolute Gasteiger partial charge is 0.507 e. The van der Waals surface area contributed by atoms with E-state index in [9.17, 15) is 30.0 Å². The zero-order valence-electron chi connectivity index (χ0n) is 35.6. The van der Waals surface area contributed by atoms with Gasteiger partial charge in [0.1, 0.15) is 57.3 Å². The Hall–Kier alpha value is -8.06. The summed E-state index contributed by atoms with van der Waals surface area (Å²) in [5.74, 6) is 1.53. The molecule has 0 atom stereocenters. The lowest BCUT2D eigenvalue weighted by atomic mass is 9.90. The van der Waals surface area contributed by atoms with Crippen LogP contribution in [0.1, 0.15) is 43.0 Å². The molecule has 12 nitrogen and oxygen atoms in total. The van der Waals surface area contributed by atoms with E-state index in [-0.39, 0.29) is 17.5 Å². The molecule has 0 spiro atoms. The molecule has 8 aromatic rings. The number of phenols is 2. The van der Waals surface area contributed by atoms with E-state index in [2.05, 4.69) is 20.6 Å². The van der Waals surface area contributed by atoms with E-state index in [4.69, 9.17) is 32.7 Å². The van der Waals surface area contributed by atoms with Crippen LogP contribution in [0, 0.1) is 0 Å². The first-order valence-electron chi connectivity index (χ1n) is 21.1. The Kier molecular flexibility index (Phi) is 14.2. The predicted octanol–water partition coefficient (Wildman–Crippen LogP) is 11.4. The Labute approximate surface area is 395 Å². The van der Waals surface area contributed by atoms with Crippen LogP contribution in [-0.4, -0.2) is 70.2 Å². The summed E-state index contributed by atoms with van der Waals surface area (Å²) in [6.07, 6.45) is -0.0407. The van der Waals surface area contributed by atoms with Crippen molar-refractivity contribution < 1.29 is 39.5 Å². The highest BCUT2D eigenvalue weighted by molar-refractivity contribution is 6.30. The van der Waals surface area contributed by atoms with E-state index in [0.717, 1.165) is 72.0 Å². The van der Waals surface area contributed by atoms with Crippen molar-refractivity contribution in [2.45, 2.75) is 6.42 Å². The molecular weight excluding hydrogens is 892 g/mol. The summed E-state index contributed by atoms with van der Waals surface area (Å²) in [5.41, 5.74) is 2.07. The van der Waals surface area contributed by atoms with Gasteiger partial charge in [0.15, 0.2) is 0 Å². The number of aliphatic imine (C=N–C) groups is 2. The van der Waals surface area contributed by atoms with Gasteiger partial charge in [0.2, 0.25) is 0 Å². The molecule has 0 fully saturated rings. The lowest BCUT2D eigenvalue weighted by Crippen LogP contribution is -2.19. The molecule has 0 aromatic heterocycles. The summed E-state index contributed by atoms with van der Waals surface area (Å²) in [4.78, 5) is 32.1. The lowest BCUT2D eigenvalue weighted by molar-refractivity contribution is 0.0682. The fourth-order valence-electron chi connectivity index (χ4n) is 7.60. The molecule has 67 heavy (non-hydrogen) atoms. The number of carboxylic acids is 2. The van der Waals surface area contributed by atoms with Crippen LogP contribution in [0.3, 0.4) is 0 Å². The van der Waals surface area contributed by atoms with Gasteiger partial charge in [-0.2, -0.15) is 0 Å². The Balaban J connectivity index is 0.000000141. The van der Waals surface area contributed by atoms with Crippen LogP contribution in [0.2, 0.25) is 10.0 Å². The highest BCUT2D eigenvalue weighted by Crippen LogP contribution is 2.39. The zero-order valence-corrected chi connectivity index (χ0v) is 37.1. The summed E-state index contributed by atoms with van der Waals surface area (Å²) in [6.45, 7) is 3.38. The summed E-state index contributed by atoms with van der Waals surface area (Å²) < 4.78 is 11.8. The van der Waals surface area contributed by atoms with Crippen LogP contribution in [0.25, 0.3) is 21.5 Å². The van der Waals surface area contributed by atoms with Crippen LogP contribution in [0.4, 0.5) is 0 Å². The maximum atomic E-state index is 11.6. The van der Waals surface area contributed by atoms with E-state index < -0.39 is 23.4 Å². The highest BCUT2D eigenvalue weighted by atomic mass is 35.5. The van der Waals surface area contributed by atoms with Crippen LogP contribution >= 0.6 is 23.2 Å². The van der Waals surface area contributed by atoms with E-state index in [1.165, 1.54) is 12.1 Å². The fourth-order valence-corrected chi connectivity index (χ4v) is 7.85. The number of fused-ring (bicyclic) bond motifs is 2. The first-order chi connectivity index (χ1) is 32.5. The molecule has 14 heteroatoms. The van der Waals surface area contributed by atoms with Gasteiger partial charge < -0.3 is 40.5 Å². The topological polar surface area (TPSA) is 182 Å². The van der Waals surface area contributed by atoms with Crippen molar-refractivity contribution in [2.75, 3.05) is 26.2 Å². The summed E-state index contributed by atoms with van der Waals surface area (Å²) in [7, 11) is 0. The molecule has 0 unspecified atom stereocenters. The number of carboxylic acid groups (broad SMARTS) is 2. The maximum absolute atomic E-state index is 11.6. The van der Waals surface area contributed by atoms with Crippen molar-refractivity contribution in [1.82, 2.24) is 10.6 Å². The molecule has 8 aromatic carbocycles. The normalized spacial score (nSPS) is 12.6.